The number of rotatable bonds is 2. The van der Waals surface area contributed by atoms with E-state index >= 15 is 0 Å². The third-order valence-electron chi connectivity index (χ3n) is 6.30. The number of nitrogens with zero attached hydrogens (tertiary/aromatic N) is 3. The number of nitrogens with one attached hydrogen (secondary N) is 1. The van der Waals surface area contributed by atoms with E-state index < -0.39 is 28.8 Å². The number of ether oxygens (including phenoxy) is 2. The fourth-order valence-electron chi connectivity index (χ4n) is 4.38. The molecule has 1 atom stereocenters. The minimum absolute atomic E-state index is 0.0289. The number of hydrogen-bond acceptors (Lipinski definition) is 6. The monoisotopic (exact) mass is 478 g/mol. The molecule has 7 nitrogen and oxygen atoms in total. The highest BCUT2D eigenvalue weighted by molar-refractivity contribution is 6.04. The predicted octanol–water partition coefficient (Wildman–Crippen LogP) is 4.99. The fraction of sp³-hybridized carbons (Fsp3) is 0.500. The Morgan fingerprint density at radius 3 is 2.53 bits per heavy atom. The molecule has 34 heavy (non-hydrogen) atoms. The van der Waals surface area contributed by atoms with E-state index in [2.05, 4.69) is 23.7 Å². The molecule has 1 N–H and O–H groups in total. The van der Waals surface area contributed by atoms with Crippen molar-refractivity contribution in [3.05, 3.63) is 42.1 Å². The van der Waals surface area contributed by atoms with Crippen molar-refractivity contribution >= 4 is 23.2 Å². The van der Waals surface area contributed by atoms with Crippen molar-refractivity contribution < 1.29 is 27.4 Å². The summed E-state index contributed by atoms with van der Waals surface area (Å²) in [6, 6.07) is 2.25. The molecule has 3 aliphatic rings. The number of likely N-dealkylation sites (tertiary alicyclic amines) is 1. The zero-order valence-electron chi connectivity index (χ0n) is 20.0. The summed E-state index contributed by atoms with van der Waals surface area (Å²) in [6.07, 6.45) is -5.11. The van der Waals surface area contributed by atoms with Gasteiger partial charge in [0.25, 0.3) is 0 Å². The number of halogens is 3. The molecule has 4 rings (SSSR count). The summed E-state index contributed by atoms with van der Waals surface area (Å²) in [6.45, 7) is 17.4. The number of benzene rings is 1. The fourth-order valence-corrected chi connectivity index (χ4v) is 4.38. The van der Waals surface area contributed by atoms with Gasteiger partial charge in [-0.25, -0.2) is 4.79 Å². The van der Waals surface area contributed by atoms with Crippen LogP contribution in [0.25, 0.3) is 5.57 Å². The molecule has 0 aliphatic carbocycles. The van der Waals surface area contributed by atoms with Crippen LogP contribution in [0.3, 0.4) is 0 Å². The van der Waals surface area contributed by atoms with Crippen molar-refractivity contribution in [2.24, 2.45) is 10.5 Å². The average molecular weight is 479 g/mol. The Bertz CT molecular complexity index is 1100. The van der Waals surface area contributed by atoms with Crippen molar-refractivity contribution in [3.63, 3.8) is 0 Å². The SMILES string of the molecule is C=C1NN=C2COc3cc(C(F)(F)F)c(C(=C)C4(C)CN(C(=O)OC(C)(C)C)C4)cc3N2[C@H]1C. The molecule has 1 fully saturated rings. The van der Waals surface area contributed by atoms with E-state index in [0.29, 0.717) is 22.8 Å². The van der Waals surface area contributed by atoms with E-state index in [9.17, 15) is 18.0 Å². The van der Waals surface area contributed by atoms with E-state index in [-0.39, 0.29) is 37.1 Å². The van der Waals surface area contributed by atoms with E-state index in [4.69, 9.17) is 9.47 Å². The summed E-state index contributed by atoms with van der Waals surface area (Å²) >= 11 is 0. The van der Waals surface area contributed by atoms with Crippen LogP contribution >= 0.6 is 0 Å². The molecule has 10 heteroatoms. The standard InChI is InChI=1S/C24H29F3N4O3/c1-13(23(7)11-30(12-23)21(32)34-22(4,5)6)16-8-18-19(9-17(16)24(25,26)27)33-10-20-29-28-14(2)15(3)31(18)20/h8-9,15,28H,1-2,10-12H2,3-7H3/t15-/m0/s1. The number of hydrazone groups is 1. The van der Waals surface area contributed by atoms with Gasteiger partial charge >= 0.3 is 12.3 Å². The summed E-state index contributed by atoms with van der Waals surface area (Å²) in [4.78, 5) is 15.7. The molecule has 1 aromatic carbocycles. The van der Waals surface area contributed by atoms with E-state index in [1.165, 1.54) is 11.0 Å². The Hall–Kier alpha value is -3.17. The Balaban J connectivity index is 1.70. The molecule has 1 saturated heterocycles. The van der Waals surface area contributed by atoms with Gasteiger partial charge < -0.3 is 19.3 Å². The minimum atomic E-state index is -4.62. The van der Waals surface area contributed by atoms with Gasteiger partial charge in [0, 0.05) is 24.2 Å². The summed E-state index contributed by atoms with van der Waals surface area (Å²) in [5.41, 5.74) is 1.97. The van der Waals surface area contributed by atoms with Gasteiger partial charge in [0.05, 0.1) is 17.3 Å². The lowest BCUT2D eigenvalue weighted by molar-refractivity contribution is -0.138. The van der Waals surface area contributed by atoms with Crippen molar-refractivity contribution in [1.82, 2.24) is 10.3 Å². The third-order valence-corrected chi connectivity index (χ3v) is 6.30. The Kier molecular flexibility index (Phi) is 5.41. The van der Waals surface area contributed by atoms with Gasteiger partial charge in [-0.2, -0.15) is 18.3 Å². The summed E-state index contributed by atoms with van der Waals surface area (Å²) in [7, 11) is 0. The highest BCUT2D eigenvalue weighted by Crippen LogP contribution is 2.49. The minimum Gasteiger partial charge on any atom is -0.483 e. The molecule has 0 unspecified atom stereocenters. The number of amidine groups is 1. The molecule has 0 spiro atoms. The number of anilines is 1. The first kappa shape index (κ1) is 24.0. The zero-order valence-corrected chi connectivity index (χ0v) is 20.0. The maximum absolute atomic E-state index is 14.1. The van der Waals surface area contributed by atoms with Gasteiger partial charge in [0.1, 0.15) is 18.0 Å². The van der Waals surface area contributed by atoms with Gasteiger partial charge in [-0.15, -0.1) is 0 Å². The van der Waals surface area contributed by atoms with E-state index in [1.807, 2.05) is 11.8 Å². The van der Waals surface area contributed by atoms with Crippen LogP contribution in [0.5, 0.6) is 5.75 Å². The summed E-state index contributed by atoms with van der Waals surface area (Å²) in [5, 5.41) is 4.23. The summed E-state index contributed by atoms with van der Waals surface area (Å²) in [5.74, 6) is 0.674. The summed E-state index contributed by atoms with van der Waals surface area (Å²) < 4.78 is 53.3. The molecule has 3 aliphatic heterocycles. The number of alkyl halides is 3. The predicted molar refractivity (Wildman–Crippen MR) is 124 cm³/mol. The maximum Gasteiger partial charge on any atom is 0.417 e. The van der Waals surface area contributed by atoms with E-state index in [0.717, 1.165) is 6.07 Å². The highest BCUT2D eigenvalue weighted by Gasteiger charge is 2.48. The van der Waals surface area contributed by atoms with Gasteiger partial charge in [-0.3, -0.25) is 5.43 Å². The van der Waals surface area contributed by atoms with Crippen molar-refractivity contribution in [2.75, 3.05) is 24.6 Å². The van der Waals surface area contributed by atoms with Gasteiger partial charge in [0.15, 0.2) is 5.84 Å². The molecule has 184 valence electrons. The number of hydrogen-bond donors (Lipinski definition) is 1. The quantitative estimate of drug-likeness (QED) is 0.649. The average Bonchev–Trinajstić information content (AvgIpc) is 2.70. The topological polar surface area (TPSA) is 66.4 Å². The van der Waals surface area contributed by atoms with Crippen LogP contribution in [-0.2, 0) is 10.9 Å². The Morgan fingerprint density at radius 2 is 1.94 bits per heavy atom. The van der Waals surface area contributed by atoms with Gasteiger partial charge in [0.2, 0.25) is 0 Å². The van der Waals surface area contributed by atoms with Crippen LogP contribution in [0.15, 0.2) is 36.1 Å². The lowest BCUT2D eigenvalue weighted by Crippen LogP contribution is -2.58. The second-order valence-electron chi connectivity index (χ2n) is 10.2. The van der Waals surface area contributed by atoms with Gasteiger partial charge in [-0.05, 0) is 51.0 Å². The lowest BCUT2D eigenvalue weighted by atomic mass is 9.72. The first-order valence-corrected chi connectivity index (χ1v) is 11.0. The third kappa shape index (κ3) is 4.10. The van der Waals surface area contributed by atoms with Crippen molar-refractivity contribution in [2.45, 2.75) is 52.4 Å². The first-order valence-electron chi connectivity index (χ1n) is 11.0. The number of carbonyl (C=O) groups excluding carboxylic acids is 1. The second kappa shape index (κ2) is 7.68. The van der Waals surface area contributed by atoms with Crippen LogP contribution < -0.4 is 15.1 Å². The van der Waals surface area contributed by atoms with Crippen LogP contribution in [0.2, 0.25) is 0 Å². The highest BCUT2D eigenvalue weighted by atomic mass is 19.4. The number of carbonyl (C=O) groups is 1. The van der Waals surface area contributed by atoms with Crippen molar-refractivity contribution in [3.8, 4) is 5.75 Å². The van der Waals surface area contributed by atoms with Gasteiger partial charge in [-0.1, -0.05) is 20.1 Å². The molecule has 0 radical (unpaired) electrons. The smallest absolute Gasteiger partial charge is 0.417 e. The van der Waals surface area contributed by atoms with Crippen molar-refractivity contribution in [1.29, 1.82) is 0 Å². The molecule has 3 heterocycles. The normalized spacial score (nSPS) is 21.4. The number of fused-ring (bicyclic) bond motifs is 3. The first-order chi connectivity index (χ1) is 15.6. The van der Waals surface area contributed by atoms with Crippen LogP contribution in [-0.4, -0.2) is 48.2 Å². The molecule has 1 amide bonds. The van der Waals surface area contributed by atoms with Crippen LogP contribution in [0.4, 0.5) is 23.7 Å². The zero-order chi connectivity index (χ0) is 25.2. The lowest BCUT2D eigenvalue weighted by Gasteiger charge is -2.49. The largest absolute Gasteiger partial charge is 0.483 e. The van der Waals surface area contributed by atoms with Crippen LogP contribution in [0, 0.1) is 5.41 Å². The second-order valence-corrected chi connectivity index (χ2v) is 10.2. The Morgan fingerprint density at radius 1 is 1.29 bits per heavy atom. The molecule has 1 aromatic rings. The van der Waals surface area contributed by atoms with E-state index in [1.54, 1.807) is 27.7 Å². The molecule has 0 aromatic heterocycles. The molecule has 0 bridgehead atoms. The number of amides is 1. The Labute approximate surface area is 196 Å². The maximum atomic E-state index is 14.1. The molecular formula is C24H29F3N4O3. The van der Waals surface area contributed by atoms with Crippen LogP contribution in [0.1, 0.15) is 45.7 Å². The molecule has 0 saturated carbocycles. The molecular weight excluding hydrogens is 449 g/mol.